The van der Waals surface area contributed by atoms with Gasteiger partial charge in [0, 0.05) is 6.61 Å². The number of carboxylic acid groups (broad SMARTS) is 1. The fraction of sp³-hybridized carbons (Fsp3) is 0.800. The molecule has 0 aromatic rings. The molecule has 2 bridgehead atoms. The molecule has 0 aromatic carbocycles. The number of aliphatic carboxylic acids is 1. The van der Waals surface area contributed by atoms with Crippen molar-refractivity contribution in [2.75, 3.05) is 6.61 Å². The quantitative estimate of drug-likeness (QED) is 0.665. The minimum Gasteiger partial charge on any atom is -0.481 e. The van der Waals surface area contributed by atoms with Crippen molar-refractivity contribution in [1.82, 2.24) is 0 Å². The van der Waals surface area contributed by atoms with Crippen LogP contribution in [0, 0.1) is 34.0 Å². The largest absolute Gasteiger partial charge is 0.481 e. The van der Waals surface area contributed by atoms with E-state index in [1.54, 1.807) is 0 Å². The van der Waals surface area contributed by atoms with Gasteiger partial charge in [0.05, 0.1) is 16.9 Å². The molecule has 5 aliphatic carbocycles. The van der Waals surface area contributed by atoms with Gasteiger partial charge in [0.1, 0.15) is 0 Å². The number of allylic oxidation sites excluding steroid dienone is 1. The summed E-state index contributed by atoms with van der Waals surface area (Å²) in [6.07, 6.45) is 3.49. The van der Waals surface area contributed by atoms with Crippen LogP contribution >= 0.6 is 0 Å². The molecule has 1 spiro atoms. The highest BCUT2D eigenvalue weighted by molar-refractivity contribution is 6.03. The van der Waals surface area contributed by atoms with E-state index in [2.05, 4.69) is 6.58 Å². The molecule has 0 saturated heterocycles. The first-order valence-electron chi connectivity index (χ1n) is 9.50. The lowest BCUT2D eigenvalue weighted by atomic mass is 9.35. The fourth-order valence-electron chi connectivity index (χ4n) is 7.19. The third-order valence-electron chi connectivity index (χ3n) is 8.49. The first-order chi connectivity index (χ1) is 11.7. The average Bonchev–Trinajstić information content (AvgIpc) is 2.60. The lowest BCUT2D eigenvalue weighted by molar-refractivity contribution is -0.230. The Hall–Kier alpha value is -1.20. The van der Waals surface area contributed by atoms with E-state index in [1.165, 1.54) is 0 Å². The van der Waals surface area contributed by atoms with Gasteiger partial charge in [0.25, 0.3) is 0 Å². The van der Waals surface area contributed by atoms with Gasteiger partial charge in [0.15, 0.2) is 5.78 Å². The predicted molar refractivity (Wildman–Crippen MR) is 90.6 cm³/mol. The van der Waals surface area contributed by atoms with E-state index in [0.29, 0.717) is 24.8 Å². The maximum Gasteiger partial charge on any atom is 0.310 e. The van der Waals surface area contributed by atoms with E-state index in [-0.39, 0.29) is 36.6 Å². The molecule has 5 rings (SSSR count). The van der Waals surface area contributed by atoms with Crippen molar-refractivity contribution in [3.63, 3.8) is 0 Å². The summed E-state index contributed by atoms with van der Waals surface area (Å²) in [4.78, 5) is 25.8. The third-order valence-corrected chi connectivity index (χ3v) is 8.49. The number of hydrogen-bond acceptors (Lipinski definition) is 4. The van der Waals surface area contributed by atoms with Gasteiger partial charge >= 0.3 is 5.97 Å². The zero-order valence-corrected chi connectivity index (χ0v) is 14.8. The van der Waals surface area contributed by atoms with Crippen molar-refractivity contribution >= 4 is 11.8 Å². The Morgan fingerprint density at radius 2 is 1.96 bits per heavy atom. The van der Waals surface area contributed by atoms with Crippen molar-refractivity contribution in [2.24, 2.45) is 34.0 Å². The lowest BCUT2D eigenvalue weighted by Crippen LogP contribution is -2.70. The van der Waals surface area contributed by atoms with Crippen LogP contribution in [0.15, 0.2) is 12.2 Å². The topological polar surface area (TPSA) is 94.8 Å². The van der Waals surface area contributed by atoms with Gasteiger partial charge in [-0.1, -0.05) is 19.9 Å². The molecule has 138 valence electrons. The molecule has 0 radical (unpaired) electrons. The summed E-state index contributed by atoms with van der Waals surface area (Å²) in [7, 11) is 0. The van der Waals surface area contributed by atoms with Crippen molar-refractivity contribution < 1.29 is 24.9 Å². The molecule has 3 unspecified atom stereocenters. The Morgan fingerprint density at radius 1 is 1.24 bits per heavy atom. The van der Waals surface area contributed by atoms with E-state index in [1.807, 2.05) is 6.92 Å². The molecule has 5 heteroatoms. The minimum atomic E-state index is -1.02. The molecule has 5 saturated carbocycles. The van der Waals surface area contributed by atoms with Gasteiger partial charge in [0.2, 0.25) is 0 Å². The Morgan fingerprint density at radius 3 is 2.60 bits per heavy atom. The van der Waals surface area contributed by atoms with Crippen molar-refractivity contribution in [3.05, 3.63) is 12.2 Å². The zero-order valence-electron chi connectivity index (χ0n) is 14.8. The highest BCUT2D eigenvalue weighted by atomic mass is 16.4. The maximum atomic E-state index is 13.1. The van der Waals surface area contributed by atoms with E-state index in [9.17, 15) is 24.9 Å². The lowest BCUT2D eigenvalue weighted by Gasteiger charge is -2.67. The molecular formula is C20H28O5. The number of ketones is 1. The number of fused-ring (bicyclic) bond motifs is 3. The molecule has 0 amide bonds. The van der Waals surface area contributed by atoms with Crippen LogP contribution in [0.25, 0.3) is 0 Å². The van der Waals surface area contributed by atoms with Crippen LogP contribution in [0.4, 0.5) is 0 Å². The minimum absolute atomic E-state index is 0.0452. The zero-order chi connectivity index (χ0) is 18.2. The first kappa shape index (κ1) is 17.2. The predicted octanol–water partition coefficient (Wildman–Crippen LogP) is 2.16. The first-order valence-corrected chi connectivity index (χ1v) is 9.50. The number of aliphatic hydroxyl groups is 2. The second-order valence-electron chi connectivity index (χ2n) is 9.23. The molecule has 0 heterocycles. The summed E-state index contributed by atoms with van der Waals surface area (Å²) < 4.78 is 0. The van der Waals surface area contributed by atoms with Crippen LogP contribution in [0.2, 0.25) is 0 Å². The number of carbonyl (C=O) groups excluding carboxylic acids is 1. The number of Topliss-reactive ketones (excluding diaryl/α,β-unsaturated/α-hetero) is 1. The maximum absolute atomic E-state index is 13.1. The molecule has 3 N–H and O–H groups in total. The standard InChI is InChI=1S/C20H28O5/c1-11-12-4-7-20(16(11)23)14(8-12)19(17(24)25)6-3-5-18(2,10-21)13(19)9-15(20)22/h12-15,21-22H,1,3-10H2,2H3,(H,24,25)/t12-,13?,14?,15+,18-,19-,20?/m0/s1. The summed E-state index contributed by atoms with van der Waals surface area (Å²) in [5, 5.41) is 31.5. The molecule has 5 nitrogen and oxygen atoms in total. The number of aliphatic hydroxyl groups excluding tert-OH is 2. The molecule has 5 aliphatic rings. The van der Waals surface area contributed by atoms with Gasteiger partial charge in [-0.3, -0.25) is 9.59 Å². The summed E-state index contributed by atoms with van der Waals surface area (Å²) in [5.41, 5.74) is -1.93. The number of carbonyl (C=O) groups is 2. The van der Waals surface area contributed by atoms with Gasteiger partial charge < -0.3 is 15.3 Å². The monoisotopic (exact) mass is 348 g/mol. The Balaban J connectivity index is 1.91. The molecule has 5 fully saturated rings. The van der Waals surface area contributed by atoms with E-state index >= 15 is 0 Å². The highest BCUT2D eigenvalue weighted by Crippen LogP contribution is 2.71. The fourth-order valence-corrected chi connectivity index (χ4v) is 7.19. The van der Waals surface area contributed by atoms with Gasteiger partial charge in [-0.25, -0.2) is 0 Å². The number of hydrogen-bond donors (Lipinski definition) is 3. The Labute approximate surface area is 148 Å². The Bertz CT molecular complexity index is 656. The van der Waals surface area contributed by atoms with E-state index < -0.39 is 28.3 Å². The van der Waals surface area contributed by atoms with Crippen LogP contribution in [-0.2, 0) is 9.59 Å². The summed E-state index contributed by atoms with van der Waals surface area (Å²) in [6, 6.07) is 0. The SMILES string of the molecule is C=C1C(=O)C23CC[C@H]1CC2[C@]1(C(=O)O)CCC[C@@](C)(CO)C1C[C@H]3O. The number of rotatable bonds is 2. The normalized spacial score (nSPS) is 51.8. The van der Waals surface area contributed by atoms with Gasteiger partial charge in [-0.15, -0.1) is 0 Å². The third kappa shape index (κ3) is 1.81. The van der Waals surface area contributed by atoms with Gasteiger partial charge in [-0.05, 0) is 67.3 Å². The van der Waals surface area contributed by atoms with E-state index in [4.69, 9.17) is 0 Å². The second-order valence-corrected chi connectivity index (χ2v) is 9.23. The second kappa shape index (κ2) is 5.17. The summed E-state index contributed by atoms with van der Waals surface area (Å²) >= 11 is 0. The molecule has 7 atom stereocenters. The van der Waals surface area contributed by atoms with Crippen LogP contribution in [-0.4, -0.2) is 39.8 Å². The summed E-state index contributed by atoms with van der Waals surface area (Å²) in [6.45, 7) is 5.83. The number of carboxylic acids is 1. The van der Waals surface area contributed by atoms with Crippen LogP contribution in [0.1, 0.15) is 51.9 Å². The summed E-state index contributed by atoms with van der Waals surface area (Å²) in [5.74, 6) is -1.55. The molecule has 0 aromatic heterocycles. The average molecular weight is 348 g/mol. The van der Waals surface area contributed by atoms with Crippen molar-refractivity contribution in [2.45, 2.75) is 58.0 Å². The highest BCUT2D eigenvalue weighted by Gasteiger charge is 2.73. The smallest absolute Gasteiger partial charge is 0.310 e. The van der Waals surface area contributed by atoms with E-state index in [0.717, 1.165) is 19.3 Å². The van der Waals surface area contributed by atoms with Crippen LogP contribution in [0.5, 0.6) is 0 Å². The molecule has 0 aliphatic heterocycles. The Kier molecular flexibility index (Phi) is 3.56. The van der Waals surface area contributed by atoms with Crippen molar-refractivity contribution in [1.29, 1.82) is 0 Å². The molecular weight excluding hydrogens is 320 g/mol. The van der Waals surface area contributed by atoms with Gasteiger partial charge in [-0.2, -0.15) is 0 Å². The van der Waals surface area contributed by atoms with Crippen molar-refractivity contribution in [3.8, 4) is 0 Å². The molecule has 25 heavy (non-hydrogen) atoms. The van der Waals surface area contributed by atoms with Crippen LogP contribution < -0.4 is 0 Å². The van der Waals surface area contributed by atoms with Crippen LogP contribution in [0.3, 0.4) is 0 Å².